The van der Waals surface area contributed by atoms with Gasteiger partial charge in [-0.25, -0.2) is 4.39 Å². The minimum absolute atomic E-state index is 0.0431. The van der Waals surface area contributed by atoms with Gasteiger partial charge in [0.15, 0.2) is 11.6 Å². The van der Waals surface area contributed by atoms with Gasteiger partial charge in [0.05, 0.1) is 18.2 Å². The molecule has 1 aliphatic rings. The number of halogens is 1. The molecular formula is C15H20FN3O2. The summed E-state index contributed by atoms with van der Waals surface area (Å²) in [7, 11) is 0. The molecule has 0 unspecified atom stereocenters. The summed E-state index contributed by atoms with van der Waals surface area (Å²) >= 11 is 0. The van der Waals surface area contributed by atoms with E-state index >= 15 is 0 Å². The molecule has 0 heterocycles. The van der Waals surface area contributed by atoms with Crippen molar-refractivity contribution in [2.75, 3.05) is 6.54 Å². The molecule has 0 amide bonds. The monoisotopic (exact) mass is 293 g/mol. The lowest BCUT2D eigenvalue weighted by Crippen LogP contribution is -2.28. The highest BCUT2D eigenvalue weighted by atomic mass is 19.1. The Morgan fingerprint density at radius 3 is 2.81 bits per heavy atom. The van der Waals surface area contributed by atoms with Crippen molar-refractivity contribution < 1.29 is 14.2 Å². The summed E-state index contributed by atoms with van der Waals surface area (Å²) in [6, 6.07) is 4.31. The van der Waals surface area contributed by atoms with Gasteiger partial charge in [0.2, 0.25) is 0 Å². The van der Waals surface area contributed by atoms with Crippen LogP contribution in [0.1, 0.15) is 44.6 Å². The Balaban J connectivity index is 2.25. The van der Waals surface area contributed by atoms with E-state index < -0.39 is 11.4 Å². The normalized spacial score (nSPS) is 18.0. The van der Waals surface area contributed by atoms with Crippen LogP contribution in [0, 0.1) is 5.82 Å². The molecule has 5 nitrogen and oxygen atoms in total. The van der Waals surface area contributed by atoms with Gasteiger partial charge in [-0.2, -0.15) is 0 Å². The summed E-state index contributed by atoms with van der Waals surface area (Å²) < 4.78 is 19.6. The van der Waals surface area contributed by atoms with Crippen LogP contribution >= 0.6 is 0 Å². The van der Waals surface area contributed by atoms with Gasteiger partial charge in [-0.3, -0.25) is 0 Å². The molecule has 2 rings (SSSR count). The second kappa shape index (κ2) is 6.78. The fourth-order valence-corrected chi connectivity index (χ4v) is 2.62. The number of ether oxygens (including phenoxy) is 1. The summed E-state index contributed by atoms with van der Waals surface area (Å²) in [5.41, 5.74) is 7.63. The second-order valence-electron chi connectivity index (χ2n) is 5.44. The van der Waals surface area contributed by atoms with Crippen LogP contribution in [0.3, 0.4) is 0 Å². The van der Waals surface area contributed by atoms with Gasteiger partial charge in [0.25, 0.3) is 0 Å². The first-order chi connectivity index (χ1) is 10.1. The van der Waals surface area contributed by atoms with Crippen molar-refractivity contribution in [2.45, 2.75) is 50.7 Å². The van der Waals surface area contributed by atoms with Crippen molar-refractivity contribution in [2.24, 2.45) is 5.11 Å². The van der Waals surface area contributed by atoms with Crippen LogP contribution < -0.4 is 4.74 Å². The molecule has 0 aliphatic heterocycles. The van der Waals surface area contributed by atoms with E-state index in [2.05, 4.69) is 10.0 Å². The Labute approximate surface area is 123 Å². The van der Waals surface area contributed by atoms with Crippen molar-refractivity contribution in [3.8, 4) is 5.75 Å². The third-order valence-electron chi connectivity index (χ3n) is 4.04. The van der Waals surface area contributed by atoms with Crippen LogP contribution in [-0.2, 0) is 5.60 Å². The van der Waals surface area contributed by atoms with Crippen LogP contribution in [0.2, 0.25) is 0 Å². The van der Waals surface area contributed by atoms with E-state index in [1.54, 1.807) is 6.92 Å². The predicted octanol–water partition coefficient (Wildman–Crippen LogP) is 4.06. The van der Waals surface area contributed by atoms with Crippen LogP contribution in [0.25, 0.3) is 10.4 Å². The molecule has 1 atom stereocenters. The van der Waals surface area contributed by atoms with E-state index in [0.29, 0.717) is 12.0 Å². The molecule has 1 saturated carbocycles. The highest BCUT2D eigenvalue weighted by molar-refractivity contribution is 5.34. The van der Waals surface area contributed by atoms with Gasteiger partial charge in [0, 0.05) is 4.91 Å². The van der Waals surface area contributed by atoms with Crippen molar-refractivity contribution in [3.63, 3.8) is 0 Å². The van der Waals surface area contributed by atoms with Gasteiger partial charge < -0.3 is 9.84 Å². The third kappa shape index (κ3) is 3.65. The first kappa shape index (κ1) is 15.6. The summed E-state index contributed by atoms with van der Waals surface area (Å²) in [5.74, 6) is -0.278. The molecule has 1 aromatic carbocycles. The lowest BCUT2D eigenvalue weighted by Gasteiger charge is -2.26. The van der Waals surface area contributed by atoms with Gasteiger partial charge in [-0.1, -0.05) is 18.1 Å². The maximum absolute atomic E-state index is 13.9. The maximum atomic E-state index is 13.9. The molecule has 1 fully saturated rings. The molecule has 0 bridgehead atoms. The van der Waals surface area contributed by atoms with Crippen LogP contribution in [0.5, 0.6) is 5.75 Å². The highest BCUT2D eigenvalue weighted by Gasteiger charge is 2.28. The van der Waals surface area contributed by atoms with Gasteiger partial charge in [-0.05, 0) is 55.3 Å². The minimum Gasteiger partial charge on any atom is -0.487 e. The predicted molar refractivity (Wildman–Crippen MR) is 77.5 cm³/mol. The molecule has 1 aromatic rings. The Bertz CT molecular complexity index is 540. The first-order valence-corrected chi connectivity index (χ1v) is 7.29. The largest absolute Gasteiger partial charge is 0.487 e. The fraction of sp³-hybridized carbons (Fsp3) is 0.600. The van der Waals surface area contributed by atoms with Crippen molar-refractivity contribution in [3.05, 3.63) is 40.0 Å². The summed E-state index contributed by atoms with van der Waals surface area (Å²) in [6.45, 7) is 1.70. The molecule has 6 heteroatoms. The minimum atomic E-state index is -1.30. The number of rotatable bonds is 6. The zero-order valence-corrected chi connectivity index (χ0v) is 12.1. The summed E-state index contributed by atoms with van der Waals surface area (Å²) in [5, 5.41) is 14.0. The van der Waals surface area contributed by atoms with E-state index in [9.17, 15) is 9.50 Å². The van der Waals surface area contributed by atoms with Crippen molar-refractivity contribution >= 4 is 0 Å². The van der Waals surface area contributed by atoms with Gasteiger partial charge >= 0.3 is 0 Å². The van der Waals surface area contributed by atoms with Gasteiger partial charge in [0.1, 0.15) is 0 Å². The Morgan fingerprint density at radius 1 is 1.48 bits per heavy atom. The average molecular weight is 293 g/mol. The van der Waals surface area contributed by atoms with E-state index in [4.69, 9.17) is 10.3 Å². The fourth-order valence-electron chi connectivity index (χ4n) is 2.62. The molecule has 21 heavy (non-hydrogen) atoms. The maximum Gasteiger partial charge on any atom is 0.165 e. The molecule has 0 radical (unpaired) electrons. The van der Waals surface area contributed by atoms with Crippen molar-refractivity contribution in [1.82, 2.24) is 0 Å². The topological polar surface area (TPSA) is 78.2 Å². The number of nitrogens with zero attached hydrogens (tertiary/aromatic N) is 3. The Morgan fingerprint density at radius 2 is 2.19 bits per heavy atom. The SMILES string of the molecule is CC[C@@](O)(CN=[N+]=[N-])c1ccc(F)c(OC2CCCC2)c1. The number of azide groups is 1. The van der Waals surface area contributed by atoms with E-state index in [1.807, 2.05) is 0 Å². The average Bonchev–Trinajstić information content (AvgIpc) is 3.00. The smallest absolute Gasteiger partial charge is 0.165 e. The molecule has 0 spiro atoms. The molecule has 1 N–H and O–H groups in total. The molecular weight excluding hydrogens is 273 g/mol. The molecule has 1 aliphatic carbocycles. The molecule has 0 saturated heterocycles. The molecule has 114 valence electrons. The number of hydrogen-bond acceptors (Lipinski definition) is 3. The summed E-state index contributed by atoms with van der Waals surface area (Å²) in [4.78, 5) is 2.68. The van der Waals surface area contributed by atoms with Crippen LogP contribution in [0.4, 0.5) is 4.39 Å². The number of aliphatic hydroxyl groups is 1. The lowest BCUT2D eigenvalue weighted by molar-refractivity contribution is 0.0414. The summed E-state index contributed by atoms with van der Waals surface area (Å²) in [6.07, 6.45) is 4.46. The standard InChI is InChI=1S/C15H20FN3O2/c1-2-15(20,10-18-19-17)11-7-8-13(16)14(9-11)21-12-5-3-4-6-12/h7-9,12,20H,2-6,10H2,1H3/t15-/m1/s1. The second-order valence-corrected chi connectivity index (χ2v) is 5.44. The molecule has 0 aromatic heterocycles. The zero-order chi connectivity index (χ0) is 15.3. The quantitative estimate of drug-likeness (QED) is 0.488. The van der Waals surface area contributed by atoms with E-state index in [1.165, 1.54) is 18.2 Å². The van der Waals surface area contributed by atoms with Crippen LogP contribution in [0.15, 0.2) is 23.3 Å². The van der Waals surface area contributed by atoms with E-state index in [0.717, 1.165) is 25.7 Å². The van der Waals surface area contributed by atoms with E-state index in [-0.39, 0.29) is 18.4 Å². The highest BCUT2D eigenvalue weighted by Crippen LogP contribution is 2.32. The first-order valence-electron chi connectivity index (χ1n) is 7.29. The number of benzene rings is 1. The van der Waals surface area contributed by atoms with Crippen LogP contribution in [-0.4, -0.2) is 17.8 Å². The number of hydrogen-bond donors (Lipinski definition) is 1. The lowest BCUT2D eigenvalue weighted by atomic mass is 9.91. The Hall–Kier alpha value is -1.78. The zero-order valence-electron chi connectivity index (χ0n) is 12.1. The van der Waals surface area contributed by atoms with Crippen molar-refractivity contribution in [1.29, 1.82) is 0 Å². The third-order valence-corrected chi connectivity index (χ3v) is 4.04. The Kier molecular flexibility index (Phi) is 5.04. The van der Waals surface area contributed by atoms with Gasteiger partial charge in [-0.15, -0.1) is 0 Å².